The molecule has 2 aliphatic rings. The van der Waals surface area contributed by atoms with E-state index in [2.05, 4.69) is 118 Å². The summed E-state index contributed by atoms with van der Waals surface area (Å²) in [5, 5.41) is 8.40. The first-order valence-electron chi connectivity index (χ1n) is 16.7. The summed E-state index contributed by atoms with van der Waals surface area (Å²) in [5.74, 6) is 3.04. The van der Waals surface area contributed by atoms with Crippen LogP contribution in [0.5, 0.6) is 0 Å². The molecule has 0 aliphatic carbocycles. The Kier molecular flexibility index (Phi) is 7.19. The molecule has 1 spiro atoms. The molecule has 2 unspecified atom stereocenters. The number of para-hydroxylation sites is 6. The number of hydrogen-bond acceptors (Lipinski definition) is 5. The number of hydrogen-bond donors (Lipinski definition) is 2. The maximum atomic E-state index is 5.11. The number of benzene rings is 3. The van der Waals surface area contributed by atoms with Crippen LogP contribution in [-0.4, -0.2) is 46.2 Å². The molecule has 0 bridgehead atoms. The molecule has 2 aliphatic heterocycles. The molecule has 45 heavy (non-hydrogen) atoms. The van der Waals surface area contributed by atoms with E-state index >= 15 is 0 Å². The van der Waals surface area contributed by atoms with Crippen LogP contribution < -0.4 is 10.6 Å². The number of imidazole rings is 3. The fraction of sp³-hybridized carbons (Fsp3) is 0.417. The summed E-state index contributed by atoms with van der Waals surface area (Å²) in [6, 6.07) is 25.7. The minimum absolute atomic E-state index is 0.0748. The van der Waals surface area contributed by atoms with Crippen LogP contribution in [0.25, 0.3) is 33.1 Å². The Bertz CT molecular complexity index is 1880. The zero-order valence-electron chi connectivity index (χ0n) is 26.7. The summed E-state index contributed by atoms with van der Waals surface area (Å²) < 4.78 is 8.15. The number of nitrogens with one attached hydrogen (secondary N) is 2. The molecule has 3 aromatic carbocycles. The molecule has 2 atom stereocenters. The maximum Gasteiger partial charge on any atom is 0.233 e. The van der Waals surface area contributed by atoms with E-state index in [4.69, 9.17) is 15.0 Å². The van der Waals surface area contributed by atoms with Crippen LogP contribution in [0.2, 0.25) is 0 Å². The van der Waals surface area contributed by atoms with E-state index in [-0.39, 0.29) is 18.9 Å². The predicted molar refractivity (Wildman–Crippen MR) is 179 cm³/mol. The van der Waals surface area contributed by atoms with Crippen LogP contribution in [0, 0.1) is 20.8 Å². The van der Waals surface area contributed by atoms with E-state index in [1.807, 2.05) is 0 Å². The highest BCUT2D eigenvalue weighted by atomic mass is 15.7. The summed E-state index contributed by atoms with van der Waals surface area (Å²) in [6.45, 7) is 8.54. The van der Waals surface area contributed by atoms with Crippen LogP contribution in [0.1, 0.15) is 81.3 Å². The molecule has 232 valence electrons. The second-order valence-corrected chi connectivity index (χ2v) is 13.1. The van der Waals surface area contributed by atoms with Gasteiger partial charge in [-0.3, -0.25) is 18.2 Å². The molecule has 0 radical (unpaired) electrons. The highest BCUT2D eigenvalue weighted by Crippen LogP contribution is 2.42. The average Bonchev–Trinajstić information content (AvgIpc) is 3.69. The third-order valence-corrected chi connectivity index (χ3v) is 10.3. The van der Waals surface area contributed by atoms with E-state index in [0.29, 0.717) is 0 Å². The molecular formula is C36H44N9+. The largest absolute Gasteiger partial charge is 0.298 e. The Hall–Kier alpha value is -4.05. The summed E-state index contributed by atoms with van der Waals surface area (Å²) in [5.41, 5.74) is 6.54. The zero-order chi connectivity index (χ0) is 30.5. The number of nitrogens with zero attached hydrogens (tertiary/aromatic N) is 7. The van der Waals surface area contributed by atoms with Crippen molar-refractivity contribution in [1.29, 1.82) is 0 Å². The minimum atomic E-state index is -0.215. The van der Waals surface area contributed by atoms with Gasteiger partial charge < -0.3 is 0 Å². The van der Waals surface area contributed by atoms with Crippen molar-refractivity contribution in [3.05, 3.63) is 90.3 Å². The summed E-state index contributed by atoms with van der Waals surface area (Å²) in [4.78, 5) is 15.2. The first-order valence-corrected chi connectivity index (χ1v) is 16.7. The van der Waals surface area contributed by atoms with Gasteiger partial charge in [0.15, 0.2) is 6.29 Å². The zero-order valence-corrected chi connectivity index (χ0v) is 26.7. The van der Waals surface area contributed by atoms with Crippen molar-refractivity contribution in [3.8, 4) is 0 Å². The van der Waals surface area contributed by atoms with Gasteiger partial charge in [0.2, 0.25) is 12.6 Å². The lowest BCUT2D eigenvalue weighted by atomic mass is 10.0. The van der Waals surface area contributed by atoms with Crippen LogP contribution in [0.3, 0.4) is 0 Å². The smallest absolute Gasteiger partial charge is 0.233 e. The van der Waals surface area contributed by atoms with Crippen LogP contribution in [-0.2, 0) is 0 Å². The van der Waals surface area contributed by atoms with Gasteiger partial charge in [0.25, 0.3) is 0 Å². The maximum absolute atomic E-state index is 5.11. The Morgan fingerprint density at radius 2 is 0.867 bits per heavy atom. The van der Waals surface area contributed by atoms with Gasteiger partial charge in [-0.25, -0.2) is 25.6 Å². The highest BCUT2D eigenvalue weighted by molar-refractivity contribution is 5.77. The third kappa shape index (κ3) is 4.67. The molecule has 5 heterocycles. The second-order valence-electron chi connectivity index (χ2n) is 13.1. The van der Waals surface area contributed by atoms with Crippen molar-refractivity contribution in [2.24, 2.45) is 0 Å². The van der Waals surface area contributed by atoms with Crippen molar-refractivity contribution in [1.82, 2.24) is 39.3 Å². The Morgan fingerprint density at radius 1 is 0.511 bits per heavy atom. The number of rotatable bonds is 3. The number of aryl methyl sites for hydroxylation is 3. The molecule has 8 rings (SSSR count). The lowest BCUT2D eigenvalue weighted by Gasteiger charge is -2.55. The summed E-state index contributed by atoms with van der Waals surface area (Å²) in [6.07, 6.45) is 8.43. The standard InChI is InChI=1S/C36H44N9/c1-25-37-28-17-9-12-20-31(28)42(25)34-40-35(43-26(2)38-29-18-10-13-21-32(29)43)45(23-15-7-5-4-6-8-16-24-45)36(41-34)44-27(3)39-30-19-11-14-22-33(30)44/h9-14,17-22,34-36,40-41H,4-8,15-16,23-24H2,1-3H3/q+1. The monoisotopic (exact) mass is 602 g/mol. The van der Waals surface area contributed by atoms with E-state index in [1.54, 1.807) is 0 Å². The van der Waals surface area contributed by atoms with Crippen LogP contribution in [0.15, 0.2) is 72.8 Å². The molecule has 6 aromatic rings. The molecule has 2 fully saturated rings. The van der Waals surface area contributed by atoms with Crippen molar-refractivity contribution in [2.75, 3.05) is 13.1 Å². The first-order chi connectivity index (χ1) is 22.0. The van der Waals surface area contributed by atoms with Crippen molar-refractivity contribution < 1.29 is 4.48 Å². The number of aromatic nitrogens is 6. The fourth-order valence-corrected chi connectivity index (χ4v) is 8.25. The molecule has 2 N–H and O–H groups in total. The lowest BCUT2D eigenvalue weighted by Crippen LogP contribution is -2.71. The van der Waals surface area contributed by atoms with E-state index < -0.39 is 0 Å². The van der Waals surface area contributed by atoms with Gasteiger partial charge in [-0.2, -0.15) is 0 Å². The molecular weight excluding hydrogens is 558 g/mol. The number of quaternary nitrogens is 1. The van der Waals surface area contributed by atoms with Gasteiger partial charge in [0, 0.05) is 0 Å². The topological polar surface area (TPSA) is 77.5 Å². The SMILES string of the molecule is Cc1nc2ccccc2n1C1NC(n2c(C)nc3ccccc32)[N+]2(CCCCCCCCC2)C(n2c(C)nc3ccccc32)N1. The Morgan fingerprint density at radius 3 is 1.31 bits per heavy atom. The van der Waals surface area contributed by atoms with Crippen LogP contribution in [0.4, 0.5) is 0 Å². The van der Waals surface area contributed by atoms with Crippen molar-refractivity contribution >= 4 is 33.1 Å². The molecule has 9 heteroatoms. The molecule has 0 amide bonds. The highest BCUT2D eigenvalue weighted by Gasteiger charge is 2.53. The van der Waals surface area contributed by atoms with Crippen molar-refractivity contribution in [3.63, 3.8) is 0 Å². The third-order valence-electron chi connectivity index (χ3n) is 10.3. The van der Waals surface area contributed by atoms with Gasteiger partial charge in [-0.15, -0.1) is 0 Å². The van der Waals surface area contributed by atoms with Gasteiger partial charge in [0.1, 0.15) is 17.5 Å². The quantitative estimate of drug-likeness (QED) is 0.210. The summed E-state index contributed by atoms with van der Waals surface area (Å²) >= 11 is 0. The molecule has 2 saturated heterocycles. The van der Waals surface area contributed by atoms with E-state index in [0.717, 1.165) is 57.1 Å². The number of fused-ring (bicyclic) bond motifs is 3. The normalized spacial score (nSPS) is 22.9. The molecule has 0 saturated carbocycles. The Labute approximate surface area is 264 Å². The van der Waals surface area contributed by atoms with Crippen LogP contribution >= 0.6 is 0 Å². The predicted octanol–water partition coefficient (Wildman–Crippen LogP) is 7.18. The lowest BCUT2D eigenvalue weighted by molar-refractivity contribution is -1.01. The first kappa shape index (κ1) is 28.4. The average molecular weight is 603 g/mol. The van der Waals surface area contributed by atoms with Gasteiger partial charge in [-0.1, -0.05) is 55.7 Å². The van der Waals surface area contributed by atoms with E-state index in [9.17, 15) is 0 Å². The molecule has 9 nitrogen and oxygen atoms in total. The van der Waals surface area contributed by atoms with Crippen molar-refractivity contribution in [2.45, 2.75) is 84.6 Å². The minimum Gasteiger partial charge on any atom is -0.298 e. The molecule has 3 aromatic heterocycles. The summed E-state index contributed by atoms with van der Waals surface area (Å²) in [7, 11) is 0. The van der Waals surface area contributed by atoms with Gasteiger partial charge >= 0.3 is 0 Å². The Balaban J connectivity index is 1.40. The van der Waals surface area contributed by atoms with Gasteiger partial charge in [0.05, 0.1) is 46.2 Å². The second kappa shape index (κ2) is 11.4. The van der Waals surface area contributed by atoms with E-state index in [1.165, 1.54) is 56.0 Å². The fourth-order valence-electron chi connectivity index (χ4n) is 8.25. The van der Waals surface area contributed by atoms with Gasteiger partial charge in [-0.05, 0) is 82.9 Å².